The maximum Gasteiger partial charge on any atom is 0.419 e. The average Bonchev–Trinajstić information content (AvgIpc) is 3.49. The van der Waals surface area contributed by atoms with Gasteiger partial charge in [0, 0.05) is 32.3 Å². The topological polar surface area (TPSA) is 141 Å². The predicted molar refractivity (Wildman–Crippen MR) is 133 cm³/mol. The van der Waals surface area contributed by atoms with Gasteiger partial charge in [-0.3, -0.25) is 19.0 Å². The summed E-state index contributed by atoms with van der Waals surface area (Å²) in [6, 6.07) is 12.0. The molecule has 0 atom stereocenters. The lowest BCUT2D eigenvalue weighted by Gasteiger charge is -2.10. The molecule has 11 nitrogen and oxygen atoms in total. The number of hydrogen-bond donors (Lipinski definition) is 2. The van der Waals surface area contributed by atoms with Gasteiger partial charge in [-0.25, -0.2) is 18.7 Å². The number of nitrogens with one attached hydrogen (secondary N) is 2. The van der Waals surface area contributed by atoms with Crippen LogP contribution in [-0.2, 0) is 20.1 Å². The van der Waals surface area contributed by atoms with Crippen LogP contribution in [0.5, 0.6) is 0 Å². The van der Waals surface area contributed by atoms with Gasteiger partial charge in [0.1, 0.15) is 17.2 Å². The Balaban J connectivity index is 1.34. The lowest BCUT2D eigenvalue weighted by atomic mass is 10.1. The lowest BCUT2D eigenvalue weighted by Crippen LogP contribution is -2.28. The molecule has 5 aromatic rings. The number of fused-ring (bicyclic) bond motifs is 2. The second-order valence-electron chi connectivity index (χ2n) is 8.59. The Morgan fingerprint density at radius 2 is 1.68 bits per heavy atom. The predicted octanol–water partition coefficient (Wildman–Crippen LogP) is 2.38. The van der Waals surface area contributed by atoms with Gasteiger partial charge in [0.15, 0.2) is 17.0 Å². The van der Waals surface area contributed by atoms with Crippen molar-refractivity contribution >= 4 is 34.3 Å². The van der Waals surface area contributed by atoms with Gasteiger partial charge in [-0.1, -0.05) is 12.1 Å². The van der Waals surface area contributed by atoms with Gasteiger partial charge in [-0.15, -0.1) is 0 Å². The van der Waals surface area contributed by atoms with Crippen molar-refractivity contribution in [3.8, 4) is 0 Å². The van der Waals surface area contributed by atoms with E-state index in [4.69, 9.17) is 4.42 Å². The Kier molecular flexibility index (Phi) is 6.29. The molecule has 0 aliphatic heterocycles. The zero-order valence-electron chi connectivity index (χ0n) is 20.3. The van der Waals surface area contributed by atoms with Gasteiger partial charge in [0.25, 0.3) is 11.8 Å². The standard InChI is InChI=1S/C26H21FN6O5/c1-14(34)17-9-15(3-5-18(17)27)12-29-25(36)21-11-19(31-23-7-8-30-33(21)23)24(35)28-13-16-4-6-22-20(10-16)32(2)26(37)38-22/h3-11H,12-13H2,1-2H3,(H,28,35)(H,29,36). The van der Waals surface area contributed by atoms with Gasteiger partial charge >= 0.3 is 5.76 Å². The van der Waals surface area contributed by atoms with Crippen LogP contribution >= 0.6 is 0 Å². The Hall–Kier alpha value is -5.13. The van der Waals surface area contributed by atoms with Crippen LogP contribution in [0.3, 0.4) is 0 Å². The summed E-state index contributed by atoms with van der Waals surface area (Å²) in [5, 5.41) is 9.57. The smallest absolute Gasteiger partial charge is 0.408 e. The molecule has 0 spiro atoms. The molecule has 0 aliphatic rings. The van der Waals surface area contributed by atoms with E-state index < -0.39 is 29.2 Å². The second kappa shape index (κ2) is 9.73. The van der Waals surface area contributed by atoms with Crippen molar-refractivity contribution in [2.45, 2.75) is 20.0 Å². The average molecular weight is 516 g/mol. The Morgan fingerprint density at radius 1 is 0.974 bits per heavy atom. The highest BCUT2D eigenvalue weighted by Crippen LogP contribution is 2.15. The number of aryl methyl sites for hydroxylation is 1. The number of rotatable bonds is 7. The first-order valence-corrected chi connectivity index (χ1v) is 11.5. The number of aromatic nitrogens is 4. The van der Waals surface area contributed by atoms with Crippen LogP contribution in [0, 0.1) is 5.82 Å². The largest absolute Gasteiger partial charge is 0.419 e. The maximum absolute atomic E-state index is 13.8. The van der Waals surface area contributed by atoms with E-state index in [1.165, 1.54) is 46.5 Å². The molecule has 0 bridgehead atoms. The Morgan fingerprint density at radius 3 is 2.45 bits per heavy atom. The fourth-order valence-corrected chi connectivity index (χ4v) is 3.97. The summed E-state index contributed by atoms with van der Waals surface area (Å²) >= 11 is 0. The van der Waals surface area contributed by atoms with Crippen molar-refractivity contribution < 1.29 is 23.2 Å². The van der Waals surface area contributed by atoms with Crippen molar-refractivity contribution in [2.75, 3.05) is 0 Å². The zero-order chi connectivity index (χ0) is 27.0. The monoisotopic (exact) mass is 516 g/mol. The first-order chi connectivity index (χ1) is 18.2. The van der Waals surface area contributed by atoms with E-state index in [9.17, 15) is 23.6 Å². The van der Waals surface area contributed by atoms with E-state index >= 15 is 0 Å². The summed E-state index contributed by atoms with van der Waals surface area (Å²) in [6.07, 6.45) is 1.45. The van der Waals surface area contributed by atoms with E-state index in [2.05, 4.69) is 20.7 Å². The number of nitrogens with zero attached hydrogens (tertiary/aromatic N) is 4. The number of benzene rings is 2. The molecule has 2 aromatic carbocycles. The van der Waals surface area contributed by atoms with Crippen LogP contribution in [0.4, 0.5) is 4.39 Å². The van der Waals surface area contributed by atoms with Gasteiger partial charge in [-0.2, -0.15) is 5.10 Å². The summed E-state index contributed by atoms with van der Waals surface area (Å²) in [5.74, 6) is -2.61. The van der Waals surface area contributed by atoms with Crippen molar-refractivity contribution in [3.63, 3.8) is 0 Å². The van der Waals surface area contributed by atoms with Crippen molar-refractivity contribution in [1.82, 2.24) is 29.8 Å². The summed E-state index contributed by atoms with van der Waals surface area (Å²) in [5.41, 5.74) is 2.58. The van der Waals surface area contributed by atoms with Gasteiger partial charge in [0.05, 0.1) is 17.3 Å². The summed E-state index contributed by atoms with van der Waals surface area (Å²) in [4.78, 5) is 53.6. The molecule has 0 saturated heterocycles. The molecule has 0 saturated carbocycles. The summed E-state index contributed by atoms with van der Waals surface area (Å²) in [6.45, 7) is 1.42. The Labute approximate surface area is 213 Å². The molecule has 0 fully saturated rings. The van der Waals surface area contributed by atoms with Crippen LogP contribution in [0.2, 0.25) is 0 Å². The van der Waals surface area contributed by atoms with E-state index in [1.54, 1.807) is 31.3 Å². The quantitative estimate of drug-likeness (QED) is 0.317. The highest BCUT2D eigenvalue weighted by molar-refractivity contribution is 5.98. The first kappa shape index (κ1) is 24.6. The van der Waals surface area contributed by atoms with Gasteiger partial charge in [-0.05, 0) is 42.3 Å². The molecule has 0 aliphatic carbocycles. The van der Waals surface area contributed by atoms with Gasteiger partial charge < -0.3 is 15.1 Å². The number of amides is 2. The highest BCUT2D eigenvalue weighted by Gasteiger charge is 2.18. The SMILES string of the molecule is CC(=O)c1cc(CNC(=O)c2cc(C(=O)NCc3ccc4oc(=O)n(C)c4c3)nc3ccnn23)ccc1F. The molecule has 2 N–H and O–H groups in total. The fraction of sp³-hybridized carbons (Fsp3) is 0.154. The minimum atomic E-state index is -0.635. The normalized spacial score (nSPS) is 11.1. The van der Waals surface area contributed by atoms with Crippen molar-refractivity contribution in [2.24, 2.45) is 7.05 Å². The highest BCUT2D eigenvalue weighted by atomic mass is 19.1. The number of carbonyl (C=O) groups excluding carboxylic acids is 3. The number of Topliss-reactive ketones (excluding diaryl/α,β-unsaturated/α-hetero) is 1. The van der Waals surface area contributed by atoms with Crippen LogP contribution in [0.1, 0.15) is 49.4 Å². The lowest BCUT2D eigenvalue weighted by molar-refractivity contribution is 0.0941. The van der Waals surface area contributed by atoms with Crippen LogP contribution in [-0.4, -0.2) is 36.8 Å². The molecule has 192 valence electrons. The third-order valence-electron chi connectivity index (χ3n) is 6.00. The molecular weight excluding hydrogens is 495 g/mol. The molecule has 2 amide bonds. The van der Waals surface area contributed by atoms with E-state index in [-0.39, 0.29) is 30.0 Å². The van der Waals surface area contributed by atoms with Crippen LogP contribution < -0.4 is 16.4 Å². The van der Waals surface area contributed by atoms with E-state index in [1.807, 2.05) is 0 Å². The first-order valence-electron chi connectivity index (χ1n) is 11.5. The van der Waals surface area contributed by atoms with Crippen LogP contribution in [0.15, 0.2) is 63.9 Å². The molecule has 3 aromatic heterocycles. The third kappa shape index (κ3) is 4.66. The molecule has 38 heavy (non-hydrogen) atoms. The molecule has 3 heterocycles. The third-order valence-corrected chi connectivity index (χ3v) is 6.00. The molecule has 5 rings (SSSR count). The zero-order valence-corrected chi connectivity index (χ0v) is 20.3. The minimum Gasteiger partial charge on any atom is -0.408 e. The molecule has 0 unspecified atom stereocenters. The van der Waals surface area contributed by atoms with Crippen molar-refractivity contribution in [1.29, 1.82) is 0 Å². The number of carbonyl (C=O) groups is 3. The number of ketones is 1. The molecule has 0 radical (unpaired) electrons. The minimum absolute atomic E-state index is 0.000544. The summed E-state index contributed by atoms with van der Waals surface area (Å²) < 4.78 is 21.6. The van der Waals surface area contributed by atoms with E-state index in [0.29, 0.717) is 22.3 Å². The van der Waals surface area contributed by atoms with E-state index in [0.717, 1.165) is 5.56 Å². The summed E-state index contributed by atoms with van der Waals surface area (Å²) in [7, 11) is 1.59. The second-order valence-corrected chi connectivity index (χ2v) is 8.59. The Bertz CT molecular complexity index is 1800. The molecule has 12 heteroatoms. The van der Waals surface area contributed by atoms with Crippen LogP contribution in [0.25, 0.3) is 16.7 Å². The van der Waals surface area contributed by atoms with Gasteiger partial charge in [0.2, 0.25) is 0 Å². The number of halogens is 1. The maximum atomic E-state index is 13.8. The number of oxazole rings is 1. The fourth-order valence-electron chi connectivity index (χ4n) is 3.97. The number of hydrogen-bond acceptors (Lipinski definition) is 7. The molecular formula is C26H21FN6O5. The van der Waals surface area contributed by atoms with Crippen molar-refractivity contribution in [3.05, 3.63) is 99.2 Å².